The lowest BCUT2D eigenvalue weighted by Crippen LogP contribution is -2.36. The molecule has 2 unspecified atom stereocenters. The van der Waals surface area contributed by atoms with E-state index in [1.165, 1.54) is 0 Å². The van der Waals surface area contributed by atoms with E-state index in [4.69, 9.17) is 27.0 Å². The fourth-order valence-corrected chi connectivity index (χ4v) is 0.837. The van der Waals surface area contributed by atoms with Gasteiger partial charge in [0.2, 0.25) is 0 Å². The summed E-state index contributed by atoms with van der Waals surface area (Å²) in [5.41, 5.74) is 0. The molecule has 0 rings (SSSR count). The van der Waals surface area contributed by atoms with Gasteiger partial charge in [0.1, 0.15) is 0 Å². The third-order valence-electron chi connectivity index (χ3n) is 1.49. The molecule has 0 amide bonds. The minimum Gasteiger partial charge on any atom is -0.392 e. The van der Waals surface area contributed by atoms with E-state index in [1.54, 1.807) is 0 Å². The normalized spacial score (nSPS) is 16.5. The van der Waals surface area contributed by atoms with Gasteiger partial charge in [-0.25, -0.2) is 0 Å². The Morgan fingerprint density at radius 3 is 2.17 bits per heavy atom. The van der Waals surface area contributed by atoms with Crippen LogP contribution in [0.5, 0.6) is 0 Å². The molecule has 0 spiro atoms. The van der Waals surface area contributed by atoms with Crippen molar-refractivity contribution in [2.24, 2.45) is 0 Å². The molecule has 0 aliphatic carbocycles. The topological polar surface area (TPSA) is 63.9 Å². The highest BCUT2D eigenvalue weighted by Crippen LogP contribution is 1.96. The summed E-state index contributed by atoms with van der Waals surface area (Å²) in [7, 11) is 0. The smallest absolute Gasteiger partial charge is 0.0825 e. The van der Waals surface area contributed by atoms with Crippen molar-refractivity contribution in [3.63, 3.8) is 0 Å². The second-order valence-electron chi connectivity index (χ2n) is 2.74. The number of hydrogen-bond donors (Lipinski definition) is 3. The van der Waals surface area contributed by atoms with Gasteiger partial charge in [0.25, 0.3) is 0 Å². The van der Waals surface area contributed by atoms with Crippen molar-refractivity contribution in [1.29, 1.82) is 0 Å². The molecule has 0 aromatic rings. The predicted octanol–water partition coefficient (Wildman–Crippen LogP) is 0.0482. The quantitative estimate of drug-likeness (QED) is 0.416. The number of alkyl halides is 1. The lowest BCUT2D eigenvalue weighted by atomic mass is 10.2. The summed E-state index contributed by atoms with van der Waals surface area (Å²) in [4.78, 5) is 0. The van der Waals surface area contributed by atoms with Crippen molar-refractivity contribution >= 4 is 11.6 Å². The summed E-state index contributed by atoms with van der Waals surface area (Å²) in [5, 5.41) is 28.1. The number of hydrogen-bond acceptors (Lipinski definition) is 4. The third-order valence-corrected chi connectivity index (χ3v) is 1.85. The molecule has 0 aliphatic heterocycles. The number of halogens is 1. The third kappa shape index (κ3) is 5.74. The monoisotopic (exact) mass is 197 g/mol. The van der Waals surface area contributed by atoms with Crippen LogP contribution in [-0.4, -0.2) is 51.7 Å². The molecular formula is C7H16ClNO3. The van der Waals surface area contributed by atoms with Crippen molar-refractivity contribution < 1.29 is 15.4 Å². The van der Waals surface area contributed by atoms with Crippen molar-refractivity contribution in [3.05, 3.63) is 0 Å². The zero-order chi connectivity index (χ0) is 9.56. The molecule has 74 valence electrons. The molecule has 0 heterocycles. The van der Waals surface area contributed by atoms with Crippen LogP contribution in [0.1, 0.15) is 13.3 Å². The van der Waals surface area contributed by atoms with Gasteiger partial charge in [-0.05, 0) is 6.42 Å². The fraction of sp³-hybridized carbons (Fsp3) is 1.00. The van der Waals surface area contributed by atoms with E-state index in [1.807, 2.05) is 6.92 Å². The molecule has 12 heavy (non-hydrogen) atoms. The SMILES string of the molecule is CCC(O)CN(O)CC(O)CCl. The van der Waals surface area contributed by atoms with Crippen LogP contribution in [0.3, 0.4) is 0 Å². The zero-order valence-corrected chi connectivity index (χ0v) is 7.91. The van der Waals surface area contributed by atoms with Crippen LogP contribution in [0.2, 0.25) is 0 Å². The second-order valence-corrected chi connectivity index (χ2v) is 3.05. The molecule has 0 aromatic heterocycles. The van der Waals surface area contributed by atoms with Gasteiger partial charge in [-0.1, -0.05) is 6.92 Å². The summed E-state index contributed by atoms with van der Waals surface area (Å²) < 4.78 is 0. The second kappa shape index (κ2) is 6.62. The molecule has 4 nitrogen and oxygen atoms in total. The Hall–Kier alpha value is 0.130. The van der Waals surface area contributed by atoms with Crippen molar-refractivity contribution in [2.75, 3.05) is 19.0 Å². The highest BCUT2D eigenvalue weighted by Gasteiger charge is 2.11. The Labute approximate surface area is 77.3 Å². The number of aliphatic hydroxyl groups excluding tert-OH is 2. The first-order valence-electron chi connectivity index (χ1n) is 3.96. The summed E-state index contributed by atoms with van der Waals surface area (Å²) in [6, 6.07) is 0. The molecule has 0 aromatic carbocycles. The minimum absolute atomic E-state index is 0.0700. The molecule has 0 bridgehead atoms. The van der Waals surface area contributed by atoms with Crippen molar-refractivity contribution in [1.82, 2.24) is 5.06 Å². The summed E-state index contributed by atoms with van der Waals surface area (Å²) in [6.07, 6.45) is -0.730. The van der Waals surface area contributed by atoms with Gasteiger partial charge in [0.05, 0.1) is 18.8 Å². The maximum absolute atomic E-state index is 9.11. The van der Waals surface area contributed by atoms with E-state index in [-0.39, 0.29) is 19.0 Å². The Bertz CT molecular complexity index is 103. The summed E-state index contributed by atoms with van der Waals surface area (Å²) in [5.74, 6) is 0.0826. The van der Waals surface area contributed by atoms with Crippen LogP contribution < -0.4 is 0 Å². The first kappa shape index (κ1) is 12.1. The van der Waals surface area contributed by atoms with Crippen LogP contribution in [0.15, 0.2) is 0 Å². The molecule has 0 fully saturated rings. The van der Waals surface area contributed by atoms with E-state index < -0.39 is 12.2 Å². The van der Waals surface area contributed by atoms with Gasteiger partial charge in [-0.15, -0.1) is 11.6 Å². The summed E-state index contributed by atoms with van der Waals surface area (Å²) in [6.45, 7) is 2.03. The fourth-order valence-electron chi connectivity index (χ4n) is 0.739. The molecule has 5 heteroatoms. The maximum Gasteiger partial charge on any atom is 0.0825 e. The van der Waals surface area contributed by atoms with Gasteiger partial charge in [-0.3, -0.25) is 0 Å². The molecule has 2 atom stereocenters. The van der Waals surface area contributed by atoms with Gasteiger partial charge in [0, 0.05) is 12.4 Å². The number of hydroxylamine groups is 2. The number of rotatable bonds is 6. The molecule has 3 N–H and O–H groups in total. The van der Waals surface area contributed by atoms with Gasteiger partial charge >= 0.3 is 0 Å². The minimum atomic E-state index is -0.749. The Morgan fingerprint density at radius 2 is 1.75 bits per heavy atom. The maximum atomic E-state index is 9.11. The van der Waals surface area contributed by atoms with E-state index in [0.717, 1.165) is 5.06 Å². The number of aliphatic hydroxyl groups is 2. The highest BCUT2D eigenvalue weighted by atomic mass is 35.5. The highest BCUT2D eigenvalue weighted by molar-refractivity contribution is 6.18. The Kier molecular flexibility index (Phi) is 6.70. The number of nitrogens with zero attached hydrogens (tertiary/aromatic N) is 1. The van der Waals surface area contributed by atoms with Crippen LogP contribution in [-0.2, 0) is 0 Å². The molecule has 0 aliphatic rings. The van der Waals surface area contributed by atoms with Crippen LogP contribution in [0.25, 0.3) is 0 Å². The van der Waals surface area contributed by atoms with Crippen LogP contribution in [0.4, 0.5) is 0 Å². The first-order valence-corrected chi connectivity index (χ1v) is 4.49. The zero-order valence-electron chi connectivity index (χ0n) is 7.15. The largest absolute Gasteiger partial charge is 0.392 e. The Balaban J connectivity index is 3.51. The van der Waals surface area contributed by atoms with Crippen LogP contribution in [0, 0.1) is 0 Å². The van der Waals surface area contributed by atoms with E-state index in [2.05, 4.69) is 0 Å². The summed E-state index contributed by atoms with van der Waals surface area (Å²) >= 11 is 5.32. The lowest BCUT2D eigenvalue weighted by molar-refractivity contribution is -0.129. The van der Waals surface area contributed by atoms with E-state index >= 15 is 0 Å². The molecular weight excluding hydrogens is 182 g/mol. The average Bonchev–Trinajstić information content (AvgIpc) is 2.03. The van der Waals surface area contributed by atoms with E-state index in [9.17, 15) is 0 Å². The van der Waals surface area contributed by atoms with E-state index in [0.29, 0.717) is 6.42 Å². The van der Waals surface area contributed by atoms with Crippen LogP contribution >= 0.6 is 11.6 Å². The lowest BCUT2D eigenvalue weighted by Gasteiger charge is -2.19. The van der Waals surface area contributed by atoms with Gasteiger partial charge in [-0.2, -0.15) is 5.06 Å². The molecule has 0 saturated carbocycles. The van der Waals surface area contributed by atoms with Crippen molar-refractivity contribution in [2.45, 2.75) is 25.6 Å². The first-order chi connectivity index (χ1) is 5.60. The predicted molar refractivity (Wildman–Crippen MR) is 46.4 cm³/mol. The average molecular weight is 198 g/mol. The van der Waals surface area contributed by atoms with Gasteiger partial charge in [0.15, 0.2) is 0 Å². The molecule has 0 radical (unpaired) electrons. The Morgan fingerprint density at radius 1 is 1.25 bits per heavy atom. The van der Waals surface area contributed by atoms with Crippen molar-refractivity contribution in [3.8, 4) is 0 Å². The van der Waals surface area contributed by atoms with Gasteiger partial charge < -0.3 is 15.4 Å². The standard InChI is InChI=1S/C7H16ClNO3/c1-2-6(10)4-9(12)5-7(11)3-8/h6-7,10-12H,2-5H2,1H3. The molecule has 0 saturated heterocycles.